The Labute approximate surface area is 164 Å². The SMILES string of the molecule is CCOc1ccccc1NC(=O)N1CCC(S(=O)(=O)c2ccc(Cl)cc2)C1. The van der Waals surface area contributed by atoms with Gasteiger partial charge in [-0.05, 0) is 49.7 Å². The molecule has 2 aromatic rings. The molecule has 1 atom stereocenters. The molecular weight excluding hydrogens is 388 g/mol. The Kier molecular flexibility index (Phi) is 5.92. The number of carbonyl (C=O) groups is 1. The molecule has 1 heterocycles. The zero-order chi connectivity index (χ0) is 19.4. The van der Waals surface area contributed by atoms with Crippen molar-refractivity contribution in [3.05, 3.63) is 53.6 Å². The summed E-state index contributed by atoms with van der Waals surface area (Å²) in [6, 6.07) is 12.9. The Bertz CT molecular complexity index is 916. The first-order chi connectivity index (χ1) is 12.9. The number of anilines is 1. The summed E-state index contributed by atoms with van der Waals surface area (Å²) in [7, 11) is -3.52. The number of hydrogen-bond acceptors (Lipinski definition) is 4. The maximum Gasteiger partial charge on any atom is 0.321 e. The average Bonchev–Trinajstić information content (AvgIpc) is 3.15. The molecule has 27 heavy (non-hydrogen) atoms. The molecule has 0 aromatic heterocycles. The number of nitrogens with one attached hydrogen (secondary N) is 1. The van der Waals surface area contributed by atoms with E-state index in [1.807, 2.05) is 13.0 Å². The van der Waals surface area contributed by atoms with Gasteiger partial charge in [0.15, 0.2) is 9.84 Å². The van der Waals surface area contributed by atoms with Crippen molar-refractivity contribution in [2.24, 2.45) is 0 Å². The van der Waals surface area contributed by atoms with Crippen LogP contribution in [0.25, 0.3) is 0 Å². The third kappa shape index (κ3) is 4.36. The van der Waals surface area contributed by atoms with Crippen LogP contribution in [0.1, 0.15) is 13.3 Å². The van der Waals surface area contributed by atoms with Crippen LogP contribution in [0.5, 0.6) is 5.75 Å². The number of halogens is 1. The van der Waals surface area contributed by atoms with Crippen molar-refractivity contribution in [2.75, 3.05) is 25.0 Å². The number of sulfone groups is 1. The molecule has 6 nitrogen and oxygen atoms in total. The third-order valence-electron chi connectivity index (χ3n) is 4.44. The van der Waals surface area contributed by atoms with Crippen LogP contribution in [0, 0.1) is 0 Å². The highest BCUT2D eigenvalue weighted by Gasteiger charge is 2.36. The molecule has 0 saturated carbocycles. The van der Waals surface area contributed by atoms with Gasteiger partial charge < -0.3 is 15.0 Å². The zero-order valence-electron chi connectivity index (χ0n) is 14.9. The number of ether oxygens (including phenoxy) is 1. The van der Waals surface area contributed by atoms with Crippen LogP contribution in [0.4, 0.5) is 10.5 Å². The van der Waals surface area contributed by atoms with Gasteiger partial charge in [0, 0.05) is 18.1 Å². The molecule has 0 bridgehead atoms. The number of nitrogens with zero attached hydrogens (tertiary/aromatic N) is 1. The smallest absolute Gasteiger partial charge is 0.321 e. The minimum Gasteiger partial charge on any atom is -0.492 e. The van der Waals surface area contributed by atoms with Gasteiger partial charge in [-0.2, -0.15) is 0 Å². The van der Waals surface area contributed by atoms with Crippen LogP contribution in [0.2, 0.25) is 5.02 Å². The summed E-state index contributed by atoms with van der Waals surface area (Å²) in [5, 5.41) is 2.65. The van der Waals surface area contributed by atoms with Gasteiger partial charge in [-0.1, -0.05) is 23.7 Å². The van der Waals surface area contributed by atoms with Gasteiger partial charge in [0.1, 0.15) is 5.75 Å². The largest absolute Gasteiger partial charge is 0.492 e. The molecule has 1 unspecified atom stereocenters. The maximum atomic E-state index is 12.8. The van der Waals surface area contributed by atoms with Crippen LogP contribution < -0.4 is 10.1 Å². The highest BCUT2D eigenvalue weighted by Crippen LogP contribution is 2.27. The molecule has 1 saturated heterocycles. The topological polar surface area (TPSA) is 75.7 Å². The Morgan fingerprint density at radius 1 is 1.22 bits per heavy atom. The molecule has 1 aliphatic rings. The molecule has 2 amide bonds. The molecule has 0 aliphatic carbocycles. The van der Waals surface area contributed by atoms with E-state index in [0.29, 0.717) is 36.0 Å². The van der Waals surface area contributed by atoms with Gasteiger partial charge >= 0.3 is 6.03 Å². The van der Waals surface area contributed by atoms with E-state index >= 15 is 0 Å². The normalized spacial score (nSPS) is 17.0. The van der Waals surface area contributed by atoms with E-state index in [-0.39, 0.29) is 17.5 Å². The number of amides is 2. The second-order valence-electron chi connectivity index (χ2n) is 6.21. The molecule has 2 aromatic carbocycles. The summed E-state index contributed by atoms with van der Waals surface area (Å²) in [5.74, 6) is 0.581. The summed E-state index contributed by atoms with van der Waals surface area (Å²) < 4.78 is 31.1. The quantitative estimate of drug-likeness (QED) is 0.815. The predicted octanol–water partition coefficient (Wildman–Crippen LogP) is 3.82. The van der Waals surface area contributed by atoms with Crippen LogP contribution in [0.15, 0.2) is 53.4 Å². The van der Waals surface area contributed by atoms with Crippen LogP contribution in [-0.4, -0.2) is 44.3 Å². The highest BCUT2D eigenvalue weighted by molar-refractivity contribution is 7.92. The first kappa shape index (κ1) is 19.5. The van der Waals surface area contributed by atoms with Crippen molar-refractivity contribution in [3.63, 3.8) is 0 Å². The number of urea groups is 1. The summed E-state index contributed by atoms with van der Waals surface area (Å²) in [5.41, 5.74) is 0.563. The molecule has 1 fully saturated rings. The minimum atomic E-state index is -3.52. The Balaban J connectivity index is 1.69. The Morgan fingerprint density at radius 2 is 1.93 bits per heavy atom. The fourth-order valence-electron chi connectivity index (χ4n) is 3.03. The highest BCUT2D eigenvalue weighted by atomic mass is 35.5. The van der Waals surface area contributed by atoms with Gasteiger partial charge in [0.25, 0.3) is 0 Å². The second kappa shape index (κ2) is 8.19. The van der Waals surface area contributed by atoms with E-state index in [9.17, 15) is 13.2 Å². The summed E-state index contributed by atoms with van der Waals surface area (Å²) >= 11 is 5.83. The lowest BCUT2D eigenvalue weighted by atomic mass is 10.3. The number of rotatable bonds is 5. The van der Waals surface area contributed by atoms with E-state index < -0.39 is 15.1 Å². The first-order valence-electron chi connectivity index (χ1n) is 8.69. The number of benzene rings is 2. The van der Waals surface area contributed by atoms with Crippen molar-refractivity contribution in [1.29, 1.82) is 0 Å². The predicted molar refractivity (Wildman–Crippen MR) is 105 cm³/mol. The summed E-state index contributed by atoms with van der Waals surface area (Å²) in [6.45, 7) is 2.87. The standard InChI is InChI=1S/C19H21ClN2O4S/c1-2-26-18-6-4-3-5-17(18)21-19(23)22-12-11-16(13-22)27(24,25)15-9-7-14(20)8-10-15/h3-10,16H,2,11-13H2,1H3,(H,21,23). The van der Waals surface area contributed by atoms with Gasteiger partial charge in [0.05, 0.1) is 22.4 Å². The fourth-order valence-corrected chi connectivity index (χ4v) is 4.85. The second-order valence-corrected chi connectivity index (χ2v) is 8.88. The number of carbonyl (C=O) groups excluding carboxylic acids is 1. The van der Waals surface area contributed by atoms with Crippen LogP contribution >= 0.6 is 11.6 Å². The van der Waals surface area contributed by atoms with Gasteiger partial charge in [-0.25, -0.2) is 13.2 Å². The molecule has 0 radical (unpaired) electrons. The number of para-hydroxylation sites is 2. The van der Waals surface area contributed by atoms with Crippen molar-refractivity contribution in [2.45, 2.75) is 23.5 Å². The Morgan fingerprint density at radius 3 is 2.63 bits per heavy atom. The van der Waals surface area contributed by atoms with Gasteiger partial charge in [-0.15, -0.1) is 0 Å². The lowest BCUT2D eigenvalue weighted by Crippen LogP contribution is -2.35. The molecule has 1 aliphatic heterocycles. The van der Waals surface area contributed by atoms with Gasteiger partial charge in [-0.3, -0.25) is 0 Å². The number of hydrogen-bond donors (Lipinski definition) is 1. The monoisotopic (exact) mass is 408 g/mol. The molecule has 3 rings (SSSR count). The molecule has 144 valence electrons. The van der Waals surface area contributed by atoms with Crippen molar-refractivity contribution >= 4 is 33.2 Å². The molecule has 0 spiro atoms. The van der Waals surface area contributed by atoms with Crippen LogP contribution in [-0.2, 0) is 9.84 Å². The maximum absolute atomic E-state index is 12.8. The molecular formula is C19H21ClN2O4S. The number of likely N-dealkylation sites (tertiary alicyclic amines) is 1. The lowest BCUT2D eigenvalue weighted by molar-refractivity contribution is 0.222. The van der Waals surface area contributed by atoms with Crippen molar-refractivity contribution < 1.29 is 17.9 Å². The average molecular weight is 409 g/mol. The van der Waals surface area contributed by atoms with Crippen molar-refractivity contribution in [3.8, 4) is 5.75 Å². The molecule has 8 heteroatoms. The fraction of sp³-hybridized carbons (Fsp3) is 0.316. The van der Waals surface area contributed by atoms with Gasteiger partial charge in [0.2, 0.25) is 0 Å². The zero-order valence-corrected chi connectivity index (χ0v) is 16.5. The van der Waals surface area contributed by atoms with Crippen LogP contribution in [0.3, 0.4) is 0 Å². The Hall–Kier alpha value is -2.25. The lowest BCUT2D eigenvalue weighted by Gasteiger charge is -2.19. The first-order valence-corrected chi connectivity index (χ1v) is 10.6. The van der Waals surface area contributed by atoms with E-state index in [2.05, 4.69) is 5.32 Å². The third-order valence-corrected chi connectivity index (χ3v) is 6.89. The van der Waals surface area contributed by atoms with E-state index in [1.54, 1.807) is 30.3 Å². The summed E-state index contributed by atoms with van der Waals surface area (Å²) in [4.78, 5) is 14.3. The van der Waals surface area contributed by atoms with E-state index in [0.717, 1.165) is 0 Å². The minimum absolute atomic E-state index is 0.146. The molecule has 1 N–H and O–H groups in total. The van der Waals surface area contributed by atoms with E-state index in [4.69, 9.17) is 16.3 Å². The summed E-state index contributed by atoms with van der Waals surface area (Å²) in [6.07, 6.45) is 0.394. The van der Waals surface area contributed by atoms with Crippen molar-refractivity contribution in [1.82, 2.24) is 4.90 Å². The van der Waals surface area contributed by atoms with E-state index in [1.165, 1.54) is 17.0 Å².